The zero-order valence-electron chi connectivity index (χ0n) is 8.91. The lowest BCUT2D eigenvalue weighted by Gasteiger charge is -2.09. The normalized spacial score (nSPS) is 13.6. The number of rotatable bonds is 2. The fraction of sp³-hybridized carbons (Fsp3) is 0.182. The summed E-state index contributed by atoms with van der Waals surface area (Å²) >= 11 is 0.465. The molecular weight excluding hydrogens is 268 g/mol. The molecule has 0 aliphatic heterocycles. The average molecular weight is 276 g/mol. The highest BCUT2D eigenvalue weighted by molar-refractivity contribution is 7.11. The fourth-order valence-electron chi connectivity index (χ4n) is 1.43. The van der Waals surface area contributed by atoms with Crippen molar-refractivity contribution in [2.75, 3.05) is 0 Å². The van der Waals surface area contributed by atoms with E-state index >= 15 is 0 Å². The van der Waals surface area contributed by atoms with Gasteiger partial charge in [0.25, 0.3) is 0 Å². The van der Waals surface area contributed by atoms with E-state index in [-0.39, 0.29) is 4.88 Å². The Kier molecular flexibility index (Phi) is 3.36. The van der Waals surface area contributed by atoms with Crippen molar-refractivity contribution in [3.8, 4) is 0 Å². The van der Waals surface area contributed by atoms with Gasteiger partial charge in [0, 0.05) is 11.1 Å². The van der Waals surface area contributed by atoms with Gasteiger partial charge in [0.1, 0.15) is 5.82 Å². The number of thiazole rings is 1. The third-order valence-corrected chi connectivity index (χ3v) is 3.41. The van der Waals surface area contributed by atoms with Gasteiger partial charge in [-0.3, -0.25) is 0 Å². The van der Waals surface area contributed by atoms with Gasteiger partial charge in [-0.15, -0.1) is 11.3 Å². The van der Waals surface area contributed by atoms with Crippen LogP contribution in [0, 0.1) is 5.82 Å². The average Bonchev–Trinajstić information content (AvgIpc) is 2.77. The van der Waals surface area contributed by atoms with Crippen LogP contribution in [-0.2, 0) is 6.18 Å². The van der Waals surface area contributed by atoms with Crippen molar-refractivity contribution >= 4 is 11.3 Å². The van der Waals surface area contributed by atoms with Crippen molar-refractivity contribution in [2.45, 2.75) is 12.2 Å². The molecule has 0 spiro atoms. The molecule has 1 atom stereocenters. The van der Waals surface area contributed by atoms with Crippen LogP contribution in [-0.4, -0.2) is 4.98 Å². The second-order valence-electron chi connectivity index (χ2n) is 3.60. The summed E-state index contributed by atoms with van der Waals surface area (Å²) in [7, 11) is 0. The molecule has 18 heavy (non-hydrogen) atoms. The van der Waals surface area contributed by atoms with Crippen LogP contribution >= 0.6 is 11.3 Å². The molecule has 1 heterocycles. The molecule has 1 aromatic heterocycles. The zero-order chi connectivity index (χ0) is 13.3. The lowest BCUT2D eigenvalue weighted by atomic mass is 10.1. The summed E-state index contributed by atoms with van der Waals surface area (Å²) in [4.78, 5) is 3.52. The molecule has 0 fully saturated rings. The first-order valence-corrected chi connectivity index (χ1v) is 5.73. The summed E-state index contributed by atoms with van der Waals surface area (Å²) in [6, 6.07) is 4.63. The number of halogens is 4. The Labute approximate surface area is 104 Å². The van der Waals surface area contributed by atoms with Crippen LogP contribution in [0.25, 0.3) is 0 Å². The predicted octanol–water partition coefficient (Wildman–Crippen LogP) is 3.35. The number of alkyl halides is 3. The zero-order valence-corrected chi connectivity index (χ0v) is 9.73. The first kappa shape index (κ1) is 13.0. The number of aromatic nitrogens is 1. The topological polar surface area (TPSA) is 38.9 Å². The molecule has 2 aromatic rings. The minimum Gasteiger partial charge on any atom is -0.320 e. The standard InChI is InChI=1S/C11H8F4N2S/c12-7-3-1-2-6(4-7)9(16)8-5-17-10(18-8)11(13,14)15/h1-5,9H,16H2. The molecule has 0 aliphatic rings. The molecule has 2 rings (SSSR count). The Morgan fingerprint density at radius 1 is 1.28 bits per heavy atom. The molecular formula is C11H8F4N2S. The number of hydrogen-bond donors (Lipinski definition) is 1. The van der Waals surface area contributed by atoms with E-state index in [1.165, 1.54) is 18.2 Å². The monoisotopic (exact) mass is 276 g/mol. The highest BCUT2D eigenvalue weighted by Crippen LogP contribution is 2.35. The lowest BCUT2D eigenvalue weighted by Crippen LogP contribution is -2.10. The van der Waals surface area contributed by atoms with E-state index in [1.807, 2.05) is 0 Å². The van der Waals surface area contributed by atoms with Gasteiger partial charge in [-0.25, -0.2) is 9.37 Å². The second kappa shape index (κ2) is 4.66. The van der Waals surface area contributed by atoms with Gasteiger partial charge in [-0.2, -0.15) is 13.2 Å². The number of benzene rings is 1. The van der Waals surface area contributed by atoms with Crippen molar-refractivity contribution in [3.05, 3.63) is 51.7 Å². The van der Waals surface area contributed by atoms with Gasteiger partial charge < -0.3 is 5.73 Å². The molecule has 0 radical (unpaired) electrons. The first-order chi connectivity index (χ1) is 8.38. The lowest BCUT2D eigenvalue weighted by molar-refractivity contribution is -0.137. The van der Waals surface area contributed by atoms with E-state index in [0.717, 1.165) is 6.20 Å². The molecule has 96 valence electrons. The Morgan fingerprint density at radius 2 is 2.00 bits per heavy atom. The molecule has 0 bridgehead atoms. The van der Waals surface area contributed by atoms with Gasteiger partial charge in [-0.05, 0) is 17.7 Å². The third kappa shape index (κ3) is 2.68. The first-order valence-electron chi connectivity index (χ1n) is 4.92. The van der Waals surface area contributed by atoms with Crippen LogP contribution in [0.4, 0.5) is 17.6 Å². The third-order valence-electron chi connectivity index (χ3n) is 2.28. The van der Waals surface area contributed by atoms with Gasteiger partial charge in [0.05, 0.1) is 6.04 Å². The highest BCUT2D eigenvalue weighted by Gasteiger charge is 2.35. The van der Waals surface area contributed by atoms with Gasteiger partial charge >= 0.3 is 6.18 Å². The van der Waals surface area contributed by atoms with Crippen molar-refractivity contribution in [1.29, 1.82) is 0 Å². The summed E-state index contributed by atoms with van der Waals surface area (Å²) < 4.78 is 50.1. The SMILES string of the molecule is NC(c1cccc(F)c1)c1cnc(C(F)(F)F)s1. The van der Waals surface area contributed by atoms with E-state index in [0.29, 0.717) is 16.9 Å². The molecule has 2 nitrogen and oxygen atoms in total. The van der Waals surface area contributed by atoms with Crippen LogP contribution in [0.1, 0.15) is 21.5 Å². The second-order valence-corrected chi connectivity index (χ2v) is 4.66. The van der Waals surface area contributed by atoms with Crippen LogP contribution < -0.4 is 5.73 Å². The quantitative estimate of drug-likeness (QED) is 0.854. The Balaban J connectivity index is 2.29. The van der Waals surface area contributed by atoms with Crippen molar-refractivity contribution in [1.82, 2.24) is 4.98 Å². The fourth-order valence-corrected chi connectivity index (χ4v) is 2.24. The molecule has 0 amide bonds. The molecule has 1 aromatic carbocycles. The van der Waals surface area contributed by atoms with Gasteiger partial charge in [0.15, 0.2) is 5.01 Å². The van der Waals surface area contributed by atoms with E-state index < -0.39 is 23.0 Å². The van der Waals surface area contributed by atoms with Crippen LogP contribution in [0.2, 0.25) is 0 Å². The molecule has 0 saturated carbocycles. The summed E-state index contributed by atoms with van der Waals surface area (Å²) in [5.41, 5.74) is 6.19. The van der Waals surface area contributed by atoms with E-state index in [1.54, 1.807) is 6.07 Å². The van der Waals surface area contributed by atoms with Crippen LogP contribution in [0.15, 0.2) is 30.5 Å². The molecule has 2 N–H and O–H groups in total. The van der Waals surface area contributed by atoms with E-state index in [4.69, 9.17) is 5.73 Å². The Hall–Kier alpha value is -1.47. The number of nitrogens with two attached hydrogens (primary N) is 1. The van der Waals surface area contributed by atoms with Gasteiger partial charge in [0.2, 0.25) is 0 Å². The molecule has 0 saturated heterocycles. The minimum absolute atomic E-state index is 0.243. The highest BCUT2D eigenvalue weighted by atomic mass is 32.1. The van der Waals surface area contributed by atoms with E-state index in [9.17, 15) is 17.6 Å². The summed E-state index contributed by atoms with van der Waals surface area (Å²) in [6.07, 6.45) is -3.41. The van der Waals surface area contributed by atoms with Crippen molar-refractivity contribution < 1.29 is 17.6 Å². The summed E-state index contributed by atoms with van der Waals surface area (Å²) in [6.45, 7) is 0. The van der Waals surface area contributed by atoms with Gasteiger partial charge in [-0.1, -0.05) is 12.1 Å². The maximum absolute atomic E-state index is 13.0. The van der Waals surface area contributed by atoms with E-state index in [2.05, 4.69) is 4.98 Å². The summed E-state index contributed by atoms with van der Waals surface area (Å²) in [5.74, 6) is -0.483. The smallest absolute Gasteiger partial charge is 0.320 e. The van der Waals surface area contributed by atoms with Crippen LogP contribution in [0.3, 0.4) is 0 Å². The molecule has 1 unspecified atom stereocenters. The maximum atomic E-state index is 13.0. The largest absolute Gasteiger partial charge is 0.443 e. The molecule has 0 aliphatic carbocycles. The maximum Gasteiger partial charge on any atom is 0.443 e. The minimum atomic E-state index is -4.48. The molecule has 7 heteroatoms. The number of hydrogen-bond acceptors (Lipinski definition) is 3. The Morgan fingerprint density at radius 3 is 2.56 bits per heavy atom. The van der Waals surface area contributed by atoms with Crippen LogP contribution in [0.5, 0.6) is 0 Å². The summed E-state index contributed by atoms with van der Waals surface area (Å²) in [5, 5.41) is -0.954. The Bertz CT molecular complexity index is 550. The predicted molar refractivity (Wildman–Crippen MR) is 59.5 cm³/mol. The van der Waals surface area contributed by atoms with Crippen molar-refractivity contribution in [3.63, 3.8) is 0 Å². The number of nitrogens with zero attached hydrogens (tertiary/aromatic N) is 1. The van der Waals surface area contributed by atoms with Crippen molar-refractivity contribution in [2.24, 2.45) is 5.73 Å².